The summed E-state index contributed by atoms with van der Waals surface area (Å²) in [7, 11) is 1.53. The van der Waals surface area contributed by atoms with E-state index in [2.05, 4.69) is 15.7 Å². The first-order valence-electron chi connectivity index (χ1n) is 6.13. The summed E-state index contributed by atoms with van der Waals surface area (Å²) in [6.07, 6.45) is 3.10. The maximum Gasteiger partial charge on any atom is 0.241 e. The SMILES string of the molecule is CNC(=O)Cn1cc(NCc2cc(F)c(O)c(F)c2)cn1. The molecule has 1 heterocycles. The minimum absolute atomic E-state index is 0.0840. The van der Waals surface area contributed by atoms with Crippen molar-refractivity contribution >= 4 is 11.6 Å². The number of nitrogens with zero attached hydrogens (tertiary/aromatic N) is 2. The third-order valence-corrected chi connectivity index (χ3v) is 2.79. The molecule has 1 amide bonds. The molecule has 1 aromatic heterocycles. The first-order valence-corrected chi connectivity index (χ1v) is 6.13. The highest BCUT2D eigenvalue weighted by Gasteiger charge is 2.09. The average molecular weight is 296 g/mol. The number of hydrogen-bond acceptors (Lipinski definition) is 4. The number of amides is 1. The molecule has 0 atom stereocenters. The zero-order valence-electron chi connectivity index (χ0n) is 11.2. The summed E-state index contributed by atoms with van der Waals surface area (Å²) in [5.41, 5.74) is 0.939. The van der Waals surface area contributed by atoms with Gasteiger partial charge in [0.25, 0.3) is 0 Å². The van der Waals surface area contributed by atoms with E-state index < -0.39 is 17.4 Å². The Hall–Kier alpha value is -2.64. The number of phenolic OH excluding ortho intramolecular Hbond substituents is 1. The maximum absolute atomic E-state index is 13.2. The number of nitrogens with one attached hydrogen (secondary N) is 2. The van der Waals surface area contributed by atoms with Gasteiger partial charge in [-0.1, -0.05) is 0 Å². The number of phenols is 1. The van der Waals surface area contributed by atoms with Crippen LogP contribution < -0.4 is 10.6 Å². The zero-order valence-corrected chi connectivity index (χ0v) is 11.2. The van der Waals surface area contributed by atoms with Crippen LogP contribution >= 0.6 is 0 Å². The van der Waals surface area contributed by atoms with E-state index in [9.17, 15) is 13.6 Å². The number of aromatic hydroxyl groups is 1. The van der Waals surface area contributed by atoms with Crippen LogP contribution in [0.15, 0.2) is 24.5 Å². The van der Waals surface area contributed by atoms with Gasteiger partial charge in [-0.05, 0) is 17.7 Å². The fourth-order valence-corrected chi connectivity index (χ4v) is 1.69. The molecule has 0 saturated heterocycles. The van der Waals surface area contributed by atoms with Crippen molar-refractivity contribution in [3.8, 4) is 5.75 Å². The number of carbonyl (C=O) groups excluding carboxylic acids is 1. The van der Waals surface area contributed by atoms with Crippen molar-refractivity contribution in [1.82, 2.24) is 15.1 Å². The Morgan fingerprint density at radius 3 is 2.67 bits per heavy atom. The highest BCUT2D eigenvalue weighted by Crippen LogP contribution is 2.21. The molecular weight excluding hydrogens is 282 g/mol. The summed E-state index contributed by atoms with van der Waals surface area (Å²) < 4.78 is 27.8. The molecule has 0 aliphatic heterocycles. The summed E-state index contributed by atoms with van der Waals surface area (Å²) in [5, 5.41) is 18.4. The predicted molar refractivity (Wildman–Crippen MR) is 71.6 cm³/mol. The van der Waals surface area contributed by atoms with Gasteiger partial charge in [0.2, 0.25) is 5.91 Å². The number of rotatable bonds is 5. The second-order valence-electron chi connectivity index (χ2n) is 4.36. The van der Waals surface area contributed by atoms with Crippen molar-refractivity contribution in [3.05, 3.63) is 41.7 Å². The number of halogens is 2. The van der Waals surface area contributed by atoms with Crippen molar-refractivity contribution in [2.24, 2.45) is 0 Å². The largest absolute Gasteiger partial charge is 0.503 e. The molecule has 0 spiro atoms. The molecule has 2 rings (SSSR count). The smallest absolute Gasteiger partial charge is 0.241 e. The lowest BCUT2D eigenvalue weighted by Gasteiger charge is -2.05. The zero-order chi connectivity index (χ0) is 15.4. The van der Waals surface area contributed by atoms with E-state index in [0.29, 0.717) is 11.3 Å². The van der Waals surface area contributed by atoms with Gasteiger partial charge in [0, 0.05) is 19.8 Å². The number of carbonyl (C=O) groups is 1. The number of hydrogen-bond donors (Lipinski definition) is 3. The lowest BCUT2D eigenvalue weighted by atomic mass is 10.2. The monoisotopic (exact) mass is 296 g/mol. The fourth-order valence-electron chi connectivity index (χ4n) is 1.69. The van der Waals surface area contributed by atoms with Crippen LogP contribution in [-0.2, 0) is 17.9 Å². The Labute approximate surface area is 119 Å². The second kappa shape index (κ2) is 6.21. The van der Waals surface area contributed by atoms with Gasteiger partial charge < -0.3 is 15.7 Å². The Morgan fingerprint density at radius 2 is 2.05 bits per heavy atom. The van der Waals surface area contributed by atoms with E-state index in [0.717, 1.165) is 12.1 Å². The summed E-state index contributed by atoms with van der Waals surface area (Å²) in [6, 6.07) is 2.08. The Balaban J connectivity index is 1.99. The quantitative estimate of drug-likeness (QED) is 0.775. The van der Waals surface area contributed by atoms with E-state index in [1.54, 1.807) is 6.20 Å². The molecule has 0 aliphatic rings. The molecule has 8 heteroatoms. The number of aromatic nitrogens is 2. The highest BCUT2D eigenvalue weighted by molar-refractivity contribution is 5.75. The van der Waals surface area contributed by atoms with Crippen molar-refractivity contribution in [1.29, 1.82) is 0 Å². The van der Waals surface area contributed by atoms with Crippen molar-refractivity contribution < 1.29 is 18.7 Å². The molecule has 3 N–H and O–H groups in total. The lowest BCUT2D eigenvalue weighted by molar-refractivity contribution is -0.121. The number of benzene rings is 1. The summed E-state index contributed by atoms with van der Waals surface area (Å²) in [6.45, 7) is 0.237. The van der Waals surface area contributed by atoms with Crippen LogP contribution in [0.3, 0.4) is 0 Å². The molecule has 21 heavy (non-hydrogen) atoms. The minimum Gasteiger partial charge on any atom is -0.503 e. The predicted octanol–water partition coefficient (Wildman–Crippen LogP) is 1.22. The van der Waals surface area contributed by atoms with Crippen LogP contribution in [-0.4, -0.2) is 27.8 Å². The van der Waals surface area contributed by atoms with Gasteiger partial charge in [0.05, 0.1) is 11.9 Å². The number of anilines is 1. The summed E-state index contributed by atoms with van der Waals surface area (Å²) in [4.78, 5) is 11.2. The standard InChI is InChI=1S/C13H14F2N4O2/c1-16-12(20)7-19-6-9(5-18-19)17-4-8-2-10(14)13(21)11(15)3-8/h2-3,5-6,17,21H,4,7H2,1H3,(H,16,20). The summed E-state index contributed by atoms with van der Waals surface area (Å²) >= 11 is 0. The highest BCUT2D eigenvalue weighted by atomic mass is 19.1. The molecule has 0 saturated carbocycles. The molecule has 0 fully saturated rings. The normalized spacial score (nSPS) is 10.4. The lowest BCUT2D eigenvalue weighted by Crippen LogP contribution is -2.23. The van der Waals surface area contributed by atoms with E-state index in [1.165, 1.54) is 17.9 Å². The molecular formula is C13H14F2N4O2. The third kappa shape index (κ3) is 3.68. The van der Waals surface area contributed by atoms with Crippen molar-refractivity contribution in [3.63, 3.8) is 0 Å². The summed E-state index contributed by atoms with van der Waals surface area (Å²) in [5.74, 6) is -3.20. The number of likely N-dealkylation sites (N-methyl/N-ethyl adjacent to an activating group) is 1. The third-order valence-electron chi connectivity index (χ3n) is 2.79. The van der Waals surface area contributed by atoms with Crippen LogP contribution in [0.1, 0.15) is 5.56 Å². The Bertz CT molecular complexity index is 634. The molecule has 1 aromatic carbocycles. The molecule has 2 aromatic rings. The van der Waals surface area contributed by atoms with Crippen LogP contribution in [0.5, 0.6) is 5.75 Å². The fraction of sp³-hybridized carbons (Fsp3) is 0.231. The van der Waals surface area contributed by atoms with Gasteiger partial charge in [-0.25, -0.2) is 8.78 Å². The van der Waals surface area contributed by atoms with Crippen LogP contribution in [0.25, 0.3) is 0 Å². The maximum atomic E-state index is 13.2. The van der Waals surface area contributed by atoms with Gasteiger partial charge in [0.15, 0.2) is 17.4 Å². The minimum atomic E-state index is -1.01. The Kier molecular flexibility index (Phi) is 4.36. The molecule has 0 unspecified atom stereocenters. The van der Waals surface area contributed by atoms with Gasteiger partial charge >= 0.3 is 0 Å². The van der Waals surface area contributed by atoms with E-state index >= 15 is 0 Å². The molecule has 0 aliphatic carbocycles. The Morgan fingerprint density at radius 1 is 1.38 bits per heavy atom. The topological polar surface area (TPSA) is 79.2 Å². The molecule has 0 bridgehead atoms. The van der Waals surface area contributed by atoms with Crippen molar-refractivity contribution in [2.75, 3.05) is 12.4 Å². The second-order valence-corrected chi connectivity index (χ2v) is 4.36. The molecule has 0 radical (unpaired) electrons. The first kappa shape index (κ1) is 14.8. The van der Waals surface area contributed by atoms with E-state index in [-0.39, 0.29) is 19.0 Å². The van der Waals surface area contributed by atoms with E-state index in [1.807, 2.05) is 0 Å². The molecule has 6 nitrogen and oxygen atoms in total. The van der Waals surface area contributed by atoms with Gasteiger partial charge in [-0.2, -0.15) is 5.10 Å². The van der Waals surface area contributed by atoms with Gasteiger partial charge in [0.1, 0.15) is 6.54 Å². The van der Waals surface area contributed by atoms with Crippen LogP contribution in [0, 0.1) is 11.6 Å². The first-order chi connectivity index (χ1) is 9.99. The van der Waals surface area contributed by atoms with Gasteiger partial charge in [-0.3, -0.25) is 9.48 Å². The molecule has 112 valence electrons. The van der Waals surface area contributed by atoms with Crippen LogP contribution in [0.4, 0.5) is 14.5 Å². The van der Waals surface area contributed by atoms with Gasteiger partial charge in [-0.15, -0.1) is 0 Å². The average Bonchev–Trinajstić information content (AvgIpc) is 2.89. The van der Waals surface area contributed by atoms with E-state index in [4.69, 9.17) is 5.11 Å². The van der Waals surface area contributed by atoms with Crippen LogP contribution in [0.2, 0.25) is 0 Å². The van der Waals surface area contributed by atoms with Crippen molar-refractivity contribution in [2.45, 2.75) is 13.1 Å².